The lowest BCUT2D eigenvalue weighted by molar-refractivity contribution is 0.0698. The van der Waals surface area contributed by atoms with Crippen LogP contribution in [-0.2, 0) is 6.42 Å². The highest BCUT2D eigenvalue weighted by Gasteiger charge is 2.12. The maximum Gasteiger partial charge on any atom is 0.337 e. The molecule has 0 radical (unpaired) electrons. The molecule has 0 unspecified atom stereocenters. The van der Waals surface area contributed by atoms with Crippen LogP contribution in [0.25, 0.3) is 0 Å². The van der Waals surface area contributed by atoms with Crippen LogP contribution in [0, 0.1) is 3.57 Å². The molecular formula is C13H12IN3O3S. The summed E-state index contributed by atoms with van der Waals surface area (Å²) in [4.78, 5) is 27.0. The Bertz CT molecular complexity index is 646. The number of carboxylic acids is 1. The van der Waals surface area contributed by atoms with Crippen molar-refractivity contribution in [2.24, 2.45) is 0 Å². The van der Waals surface area contributed by atoms with Crippen LogP contribution < -0.4 is 10.6 Å². The van der Waals surface area contributed by atoms with E-state index in [1.54, 1.807) is 17.6 Å². The molecule has 0 saturated heterocycles. The quantitative estimate of drug-likeness (QED) is 0.653. The van der Waals surface area contributed by atoms with Crippen LogP contribution in [0.5, 0.6) is 0 Å². The molecule has 0 spiro atoms. The Kier molecular flexibility index (Phi) is 5.51. The number of thiazole rings is 1. The molecule has 0 atom stereocenters. The summed E-state index contributed by atoms with van der Waals surface area (Å²) < 4.78 is 0.791. The van der Waals surface area contributed by atoms with Gasteiger partial charge in [0.2, 0.25) is 0 Å². The fraction of sp³-hybridized carbons (Fsp3) is 0.154. The third kappa shape index (κ3) is 4.67. The lowest BCUT2D eigenvalue weighted by atomic mass is 10.2. The van der Waals surface area contributed by atoms with E-state index in [1.807, 2.05) is 28.0 Å². The number of urea groups is 1. The summed E-state index contributed by atoms with van der Waals surface area (Å²) in [6.45, 7) is 0.433. The average Bonchev–Trinajstić information content (AvgIpc) is 2.94. The maximum atomic E-state index is 11.8. The predicted octanol–water partition coefficient (Wildman–Crippen LogP) is 2.81. The Morgan fingerprint density at radius 3 is 2.86 bits per heavy atom. The predicted molar refractivity (Wildman–Crippen MR) is 89.0 cm³/mol. The van der Waals surface area contributed by atoms with Crippen LogP contribution in [0.1, 0.15) is 16.1 Å². The van der Waals surface area contributed by atoms with Crippen molar-refractivity contribution in [2.75, 3.05) is 11.9 Å². The number of benzene rings is 1. The average molecular weight is 417 g/mol. The number of nitrogens with zero attached hydrogens (tertiary/aromatic N) is 1. The minimum absolute atomic E-state index is 0.0663. The fourth-order valence-corrected chi connectivity index (χ4v) is 2.72. The number of rotatable bonds is 5. The SMILES string of the molecule is O=C(NCCc1cscn1)Nc1ccc(I)cc1C(=O)O. The van der Waals surface area contributed by atoms with Gasteiger partial charge >= 0.3 is 12.0 Å². The largest absolute Gasteiger partial charge is 0.478 e. The second-order valence-corrected chi connectivity index (χ2v) is 6.07. The summed E-state index contributed by atoms with van der Waals surface area (Å²) in [7, 11) is 0. The molecule has 3 N–H and O–H groups in total. The number of nitrogens with one attached hydrogen (secondary N) is 2. The zero-order valence-corrected chi connectivity index (χ0v) is 13.8. The van der Waals surface area contributed by atoms with E-state index in [4.69, 9.17) is 5.11 Å². The van der Waals surface area contributed by atoms with E-state index in [0.717, 1.165) is 9.26 Å². The Hall–Kier alpha value is -1.68. The molecule has 0 fully saturated rings. The van der Waals surface area contributed by atoms with Crippen LogP contribution in [0.3, 0.4) is 0 Å². The molecule has 1 aromatic carbocycles. The van der Waals surface area contributed by atoms with Crippen molar-refractivity contribution in [3.8, 4) is 0 Å². The normalized spacial score (nSPS) is 10.1. The summed E-state index contributed by atoms with van der Waals surface area (Å²) in [6, 6.07) is 4.38. The first-order valence-corrected chi connectivity index (χ1v) is 8.03. The van der Waals surface area contributed by atoms with Gasteiger partial charge in [0.15, 0.2) is 0 Å². The van der Waals surface area contributed by atoms with Gasteiger partial charge in [-0.15, -0.1) is 11.3 Å². The first-order chi connectivity index (χ1) is 10.1. The summed E-state index contributed by atoms with van der Waals surface area (Å²) in [5, 5.41) is 16.3. The first kappa shape index (κ1) is 15.7. The molecule has 0 saturated carbocycles. The molecule has 2 rings (SSSR count). The molecular weight excluding hydrogens is 405 g/mol. The topological polar surface area (TPSA) is 91.3 Å². The van der Waals surface area contributed by atoms with Gasteiger partial charge in [-0.1, -0.05) is 0 Å². The molecule has 0 aliphatic heterocycles. The van der Waals surface area contributed by atoms with Crippen molar-refractivity contribution in [1.82, 2.24) is 10.3 Å². The standard InChI is InChI=1S/C13H12IN3O3S/c14-8-1-2-11(10(5-8)12(18)19)17-13(20)15-4-3-9-6-21-7-16-9/h1-2,5-7H,3-4H2,(H,18,19)(H2,15,17,20). The molecule has 0 aliphatic carbocycles. The third-order valence-corrected chi connectivity index (χ3v) is 3.92. The van der Waals surface area contributed by atoms with Crippen molar-refractivity contribution in [2.45, 2.75) is 6.42 Å². The van der Waals surface area contributed by atoms with E-state index in [2.05, 4.69) is 15.6 Å². The summed E-state index contributed by atoms with van der Waals surface area (Å²) in [6.07, 6.45) is 0.634. The lowest BCUT2D eigenvalue weighted by Gasteiger charge is -2.10. The molecule has 0 bridgehead atoms. The monoisotopic (exact) mass is 417 g/mol. The van der Waals surface area contributed by atoms with Crippen molar-refractivity contribution in [1.29, 1.82) is 0 Å². The number of aromatic carboxylic acids is 1. The Labute approximate surface area is 138 Å². The van der Waals surface area contributed by atoms with Gasteiger partial charge < -0.3 is 15.7 Å². The highest BCUT2D eigenvalue weighted by atomic mass is 127. The van der Waals surface area contributed by atoms with Crippen LogP contribution in [0.15, 0.2) is 29.1 Å². The smallest absolute Gasteiger partial charge is 0.337 e. The van der Waals surface area contributed by atoms with Gasteiger partial charge in [0.1, 0.15) is 0 Å². The van der Waals surface area contributed by atoms with Gasteiger partial charge in [0.05, 0.1) is 22.5 Å². The minimum Gasteiger partial charge on any atom is -0.478 e. The van der Waals surface area contributed by atoms with Crippen LogP contribution in [0.4, 0.5) is 10.5 Å². The number of carboxylic acid groups (broad SMARTS) is 1. The van der Waals surface area contributed by atoms with Crippen LogP contribution in [-0.4, -0.2) is 28.6 Å². The van der Waals surface area contributed by atoms with Crippen molar-refractivity contribution in [3.63, 3.8) is 0 Å². The first-order valence-electron chi connectivity index (χ1n) is 6.01. The fourth-order valence-electron chi connectivity index (χ4n) is 1.63. The van der Waals surface area contributed by atoms with E-state index >= 15 is 0 Å². The minimum atomic E-state index is -1.08. The number of hydrogen-bond acceptors (Lipinski definition) is 4. The molecule has 1 heterocycles. The number of hydrogen-bond donors (Lipinski definition) is 3. The molecule has 21 heavy (non-hydrogen) atoms. The van der Waals surface area contributed by atoms with Gasteiger partial charge in [-0.3, -0.25) is 0 Å². The summed E-state index contributed by atoms with van der Waals surface area (Å²) in [5.41, 5.74) is 2.99. The van der Waals surface area contributed by atoms with E-state index in [1.165, 1.54) is 17.4 Å². The molecule has 1 aromatic heterocycles. The Morgan fingerprint density at radius 1 is 1.38 bits per heavy atom. The van der Waals surface area contributed by atoms with Crippen molar-refractivity contribution in [3.05, 3.63) is 43.9 Å². The molecule has 8 heteroatoms. The van der Waals surface area contributed by atoms with Crippen LogP contribution >= 0.6 is 33.9 Å². The molecule has 0 aliphatic rings. The van der Waals surface area contributed by atoms with E-state index < -0.39 is 12.0 Å². The van der Waals surface area contributed by atoms with Crippen molar-refractivity contribution < 1.29 is 14.7 Å². The van der Waals surface area contributed by atoms with Crippen molar-refractivity contribution >= 4 is 51.6 Å². The number of carbonyl (C=O) groups excluding carboxylic acids is 1. The van der Waals surface area contributed by atoms with E-state index in [9.17, 15) is 9.59 Å². The zero-order valence-electron chi connectivity index (χ0n) is 10.8. The van der Waals surface area contributed by atoms with Gasteiger partial charge in [-0.25, -0.2) is 14.6 Å². The van der Waals surface area contributed by atoms with E-state index in [-0.39, 0.29) is 11.3 Å². The highest BCUT2D eigenvalue weighted by Crippen LogP contribution is 2.18. The van der Waals surface area contributed by atoms with Crippen LogP contribution in [0.2, 0.25) is 0 Å². The Balaban J connectivity index is 1.92. The number of aromatic nitrogens is 1. The second kappa shape index (κ2) is 7.36. The zero-order chi connectivity index (χ0) is 15.2. The number of halogens is 1. The maximum absolute atomic E-state index is 11.8. The molecule has 2 aromatic rings. The van der Waals surface area contributed by atoms with Gasteiger partial charge in [0, 0.05) is 21.9 Å². The number of carbonyl (C=O) groups is 2. The number of anilines is 1. The lowest BCUT2D eigenvalue weighted by Crippen LogP contribution is -2.31. The number of amides is 2. The summed E-state index contributed by atoms with van der Waals surface area (Å²) >= 11 is 3.52. The second-order valence-electron chi connectivity index (χ2n) is 4.11. The Morgan fingerprint density at radius 2 is 2.19 bits per heavy atom. The van der Waals surface area contributed by atoms with E-state index in [0.29, 0.717) is 13.0 Å². The van der Waals surface area contributed by atoms with Gasteiger partial charge in [0.25, 0.3) is 0 Å². The molecule has 110 valence electrons. The highest BCUT2D eigenvalue weighted by molar-refractivity contribution is 14.1. The van der Waals surface area contributed by atoms with Gasteiger partial charge in [-0.05, 0) is 40.8 Å². The summed E-state index contributed by atoms with van der Waals surface area (Å²) in [5.74, 6) is -1.08. The molecule has 2 amide bonds. The third-order valence-electron chi connectivity index (χ3n) is 2.61. The molecule has 6 nitrogen and oxygen atoms in total. The van der Waals surface area contributed by atoms with Gasteiger partial charge in [-0.2, -0.15) is 0 Å².